The Hall–Kier alpha value is -1.39. The molecule has 0 bridgehead atoms. The number of rotatable bonds is 7. The van der Waals surface area contributed by atoms with Gasteiger partial charge >= 0.3 is 0 Å². The Morgan fingerprint density at radius 3 is 2.87 bits per heavy atom. The van der Waals surface area contributed by atoms with Crippen LogP contribution in [0.1, 0.15) is 38.3 Å². The topological polar surface area (TPSA) is 29.5 Å². The van der Waals surface area contributed by atoms with E-state index >= 15 is 0 Å². The molecule has 0 saturated heterocycles. The number of carbonyl (C=O) groups excluding carboxylic acids is 1. The molecule has 23 heavy (non-hydrogen) atoms. The fraction of sp³-hybridized carbons (Fsp3) is 0.526. The highest BCUT2D eigenvalue weighted by Crippen LogP contribution is 2.51. The lowest BCUT2D eigenvalue weighted by atomic mass is 9.99. The Kier molecular flexibility index (Phi) is 5.02. The molecule has 1 aliphatic carbocycles. The predicted molar refractivity (Wildman–Crippen MR) is 95.7 cm³/mol. The maximum atomic E-state index is 12.5. The molecule has 1 amide bonds. The lowest BCUT2D eigenvalue weighted by molar-refractivity contribution is -0.137. The zero-order valence-electron chi connectivity index (χ0n) is 14.1. The molecule has 3 nitrogen and oxygen atoms in total. The molecule has 3 atom stereocenters. The summed E-state index contributed by atoms with van der Waals surface area (Å²) < 4.78 is 6.75. The molecular weight excluding hydrogens is 306 g/mol. The first-order valence-corrected chi connectivity index (χ1v) is 9.31. The van der Waals surface area contributed by atoms with Crippen LogP contribution in [0.25, 0.3) is 10.1 Å². The molecule has 1 fully saturated rings. The molecule has 4 heteroatoms. The number of hydrogen-bond donors (Lipinski definition) is 0. The Labute approximate surface area is 142 Å². The molecule has 1 aromatic heterocycles. The second-order valence-electron chi connectivity index (χ2n) is 6.57. The summed E-state index contributed by atoms with van der Waals surface area (Å²) in [6, 6.07) is 8.65. The number of amides is 1. The van der Waals surface area contributed by atoms with Crippen molar-refractivity contribution in [2.75, 3.05) is 20.3 Å². The van der Waals surface area contributed by atoms with Gasteiger partial charge in [0.1, 0.15) is 6.61 Å². The molecule has 1 saturated carbocycles. The van der Waals surface area contributed by atoms with E-state index < -0.39 is 0 Å². The number of likely N-dealkylation sites (N-methyl/N-ethyl adjacent to an activating group) is 1. The summed E-state index contributed by atoms with van der Waals surface area (Å²) >= 11 is 1.77. The van der Waals surface area contributed by atoms with Crippen LogP contribution in [0, 0.1) is 11.8 Å². The van der Waals surface area contributed by atoms with Gasteiger partial charge in [0.05, 0.1) is 6.04 Å². The quantitative estimate of drug-likeness (QED) is 0.700. The predicted octanol–water partition coefficient (Wildman–Crippen LogP) is 4.48. The van der Waals surface area contributed by atoms with Crippen LogP contribution in [-0.2, 0) is 9.53 Å². The fourth-order valence-electron chi connectivity index (χ4n) is 3.31. The van der Waals surface area contributed by atoms with E-state index in [2.05, 4.69) is 43.5 Å². The molecule has 3 unspecified atom stereocenters. The molecule has 0 N–H and O–H groups in total. The van der Waals surface area contributed by atoms with E-state index in [1.165, 1.54) is 22.1 Å². The van der Waals surface area contributed by atoms with Crippen molar-refractivity contribution in [2.24, 2.45) is 11.8 Å². The highest BCUT2D eigenvalue weighted by Gasteiger charge is 2.44. The van der Waals surface area contributed by atoms with Gasteiger partial charge in [-0.15, -0.1) is 11.3 Å². The third-order valence-corrected chi connectivity index (χ3v) is 5.77. The Balaban J connectivity index is 1.85. The van der Waals surface area contributed by atoms with Crippen molar-refractivity contribution >= 4 is 27.3 Å². The van der Waals surface area contributed by atoms with Crippen molar-refractivity contribution in [1.29, 1.82) is 0 Å². The van der Waals surface area contributed by atoms with Crippen LogP contribution in [-0.4, -0.2) is 31.1 Å². The van der Waals surface area contributed by atoms with Crippen LogP contribution in [0.3, 0.4) is 0 Å². The second-order valence-corrected chi connectivity index (χ2v) is 7.48. The normalized spacial score (nSPS) is 21.3. The summed E-state index contributed by atoms with van der Waals surface area (Å²) in [5, 5.41) is 3.52. The summed E-state index contributed by atoms with van der Waals surface area (Å²) in [6.45, 7) is 5.16. The van der Waals surface area contributed by atoms with E-state index in [1.54, 1.807) is 11.3 Å². The van der Waals surface area contributed by atoms with E-state index in [9.17, 15) is 4.79 Å². The largest absolute Gasteiger partial charge is 0.372 e. The first-order valence-electron chi connectivity index (χ1n) is 8.43. The van der Waals surface area contributed by atoms with Crippen LogP contribution < -0.4 is 0 Å². The first-order chi connectivity index (χ1) is 11.1. The molecule has 1 aromatic carbocycles. The van der Waals surface area contributed by atoms with Crippen molar-refractivity contribution in [3.05, 3.63) is 35.2 Å². The monoisotopic (exact) mass is 331 g/mol. The minimum Gasteiger partial charge on any atom is -0.372 e. The summed E-state index contributed by atoms with van der Waals surface area (Å²) in [6.07, 6.45) is 2.14. The number of ether oxygens (including phenoxy) is 1. The lowest BCUT2D eigenvalue weighted by Gasteiger charge is -2.29. The van der Waals surface area contributed by atoms with Crippen molar-refractivity contribution in [3.63, 3.8) is 0 Å². The standard InChI is InChI=1S/C19H25NO2S/c1-4-9-22-11-18(21)20(3)19(15-10-13(15)2)16-12-23-17-8-6-5-7-14(16)17/h5-8,12-13,15,19H,4,9-11H2,1-3H3. The molecular formula is C19H25NO2S. The first kappa shape index (κ1) is 16.5. The minimum absolute atomic E-state index is 0.0813. The van der Waals surface area contributed by atoms with Gasteiger partial charge in [0.15, 0.2) is 0 Å². The average Bonchev–Trinajstić information content (AvgIpc) is 3.11. The smallest absolute Gasteiger partial charge is 0.248 e. The third-order valence-electron chi connectivity index (χ3n) is 4.79. The van der Waals surface area contributed by atoms with E-state index in [4.69, 9.17) is 4.74 Å². The fourth-order valence-corrected chi connectivity index (χ4v) is 4.30. The average molecular weight is 331 g/mol. The highest BCUT2D eigenvalue weighted by atomic mass is 32.1. The zero-order chi connectivity index (χ0) is 16.4. The molecule has 3 rings (SSSR count). The number of hydrogen-bond acceptors (Lipinski definition) is 3. The van der Waals surface area contributed by atoms with Crippen molar-refractivity contribution < 1.29 is 9.53 Å². The maximum Gasteiger partial charge on any atom is 0.248 e. The van der Waals surface area contributed by atoms with Crippen LogP contribution in [0.5, 0.6) is 0 Å². The Morgan fingerprint density at radius 2 is 2.17 bits per heavy atom. The highest BCUT2D eigenvalue weighted by molar-refractivity contribution is 7.17. The number of carbonyl (C=O) groups is 1. The van der Waals surface area contributed by atoms with Gasteiger partial charge in [-0.3, -0.25) is 4.79 Å². The van der Waals surface area contributed by atoms with Crippen molar-refractivity contribution in [1.82, 2.24) is 4.90 Å². The van der Waals surface area contributed by atoms with Gasteiger partial charge in [0.25, 0.3) is 0 Å². The molecule has 0 spiro atoms. The Bertz CT molecular complexity index is 681. The molecule has 0 radical (unpaired) electrons. The van der Waals surface area contributed by atoms with Crippen LogP contribution in [0.15, 0.2) is 29.6 Å². The van der Waals surface area contributed by atoms with Gasteiger partial charge in [-0.25, -0.2) is 0 Å². The van der Waals surface area contributed by atoms with E-state index in [1.807, 2.05) is 11.9 Å². The van der Waals surface area contributed by atoms with E-state index in [0.717, 1.165) is 6.42 Å². The van der Waals surface area contributed by atoms with E-state index in [-0.39, 0.29) is 18.6 Å². The number of fused-ring (bicyclic) bond motifs is 1. The van der Waals surface area contributed by atoms with Crippen molar-refractivity contribution in [3.8, 4) is 0 Å². The van der Waals surface area contributed by atoms with Crippen LogP contribution in [0.4, 0.5) is 0 Å². The lowest BCUT2D eigenvalue weighted by Crippen LogP contribution is -2.35. The summed E-state index contributed by atoms with van der Waals surface area (Å²) in [7, 11) is 1.93. The molecule has 124 valence electrons. The SMILES string of the molecule is CCCOCC(=O)N(C)C(c1csc2ccccc12)C1CC1C. The van der Waals surface area contributed by atoms with Gasteiger partial charge < -0.3 is 9.64 Å². The van der Waals surface area contributed by atoms with Crippen LogP contribution in [0.2, 0.25) is 0 Å². The minimum atomic E-state index is 0.0813. The number of thiophene rings is 1. The molecule has 2 aromatic rings. The number of nitrogens with zero attached hydrogens (tertiary/aromatic N) is 1. The van der Waals surface area contributed by atoms with Gasteiger partial charge in [-0.2, -0.15) is 0 Å². The zero-order valence-corrected chi connectivity index (χ0v) is 14.9. The Morgan fingerprint density at radius 1 is 1.43 bits per heavy atom. The number of benzene rings is 1. The van der Waals surface area contributed by atoms with Gasteiger partial charge in [-0.1, -0.05) is 32.0 Å². The summed E-state index contributed by atoms with van der Waals surface area (Å²) in [4.78, 5) is 14.4. The second kappa shape index (κ2) is 7.02. The third kappa shape index (κ3) is 3.43. The maximum absolute atomic E-state index is 12.5. The van der Waals surface area contributed by atoms with Gasteiger partial charge in [-0.05, 0) is 47.1 Å². The molecule has 0 aliphatic heterocycles. The van der Waals surface area contributed by atoms with Gasteiger partial charge in [0.2, 0.25) is 5.91 Å². The van der Waals surface area contributed by atoms with Gasteiger partial charge in [0, 0.05) is 18.4 Å². The summed E-state index contributed by atoms with van der Waals surface area (Å²) in [5.74, 6) is 1.33. The van der Waals surface area contributed by atoms with Crippen LogP contribution >= 0.6 is 11.3 Å². The molecule has 1 heterocycles. The van der Waals surface area contributed by atoms with E-state index in [0.29, 0.717) is 18.4 Å². The van der Waals surface area contributed by atoms with Crippen molar-refractivity contribution in [2.45, 2.75) is 32.7 Å². The summed E-state index contributed by atoms with van der Waals surface area (Å²) in [5.41, 5.74) is 1.30. The molecule has 1 aliphatic rings.